The van der Waals surface area contributed by atoms with Crippen molar-refractivity contribution in [3.05, 3.63) is 53.1 Å². The van der Waals surface area contributed by atoms with Crippen LogP contribution < -0.4 is 14.8 Å². The van der Waals surface area contributed by atoms with Gasteiger partial charge >= 0.3 is 0 Å². The topological polar surface area (TPSA) is 30.5 Å². The zero-order chi connectivity index (χ0) is 13.7. The number of nitrogens with one attached hydrogen (secondary N) is 1. The Kier molecular flexibility index (Phi) is 4.53. The van der Waals surface area contributed by atoms with Gasteiger partial charge in [-0.05, 0) is 24.3 Å². The van der Waals surface area contributed by atoms with Crippen LogP contribution in [0.5, 0.6) is 11.5 Å². The molecule has 100 valence electrons. The summed E-state index contributed by atoms with van der Waals surface area (Å²) in [6.45, 7) is 0.673. The number of hydrogen-bond acceptors (Lipinski definition) is 3. The minimum Gasteiger partial charge on any atom is -0.496 e. The largest absolute Gasteiger partial charge is 0.496 e. The standard InChI is InChI=1S/C15H16ClNO2/c1-18-14-6-4-3-5-11(14)10-17-12-7-8-15(19-2)13(16)9-12/h3-9,17H,10H2,1-2H3. The van der Waals surface area contributed by atoms with Gasteiger partial charge in [-0.3, -0.25) is 0 Å². The van der Waals surface area contributed by atoms with E-state index in [0.29, 0.717) is 17.3 Å². The Hall–Kier alpha value is -1.87. The highest BCUT2D eigenvalue weighted by atomic mass is 35.5. The third kappa shape index (κ3) is 3.32. The van der Waals surface area contributed by atoms with Crippen molar-refractivity contribution in [3.63, 3.8) is 0 Å². The summed E-state index contributed by atoms with van der Waals surface area (Å²) in [5.74, 6) is 1.54. The highest BCUT2D eigenvalue weighted by Gasteiger charge is 2.04. The molecule has 0 aliphatic rings. The Labute approximate surface area is 118 Å². The summed E-state index contributed by atoms with van der Waals surface area (Å²) in [7, 11) is 3.27. The normalized spacial score (nSPS) is 10.1. The molecule has 4 heteroatoms. The van der Waals surface area contributed by atoms with Gasteiger partial charge in [0.25, 0.3) is 0 Å². The summed E-state index contributed by atoms with van der Waals surface area (Å²) < 4.78 is 10.4. The Morgan fingerprint density at radius 3 is 2.42 bits per heavy atom. The summed E-state index contributed by atoms with van der Waals surface area (Å²) in [5.41, 5.74) is 2.04. The molecule has 0 spiro atoms. The second kappa shape index (κ2) is 6.34. The van der Waals surface area contributed by atoms with Crippen LogP contribution in [0, 0.1) is 0 Å². The molecule has 0 aliphatic carbocycles. The van der Waals surface area contributed by atoms with E-state index >= 15 is 0 Å². The van der Waals surface area contributed by atoms with Gasteiger partial charge in [-0.15, -0.1) is 0 Å². The van der Waals surface area contributed by atoms with Crippen molar-refractivity contribution in [2.45, 2.75) is 6.54 Å². The van der Waals surface area contributed by atoms with Crippen LogP contribution in [0.4, 0.5) is 5.69 Å². The van der Waals surface area contributed by atoms with E-state index in [1.54, 1.807) is 14.2 Å². The van der Waals surface area contributed by atoms with Crippen LogP contribution >= 0.6 is 11.6 Å². The molecule has 1 N–H and O–H groups in total. The number of ether oxygens (including phenoxy) is 2. The quantitative estimate of drug-likeness (QED) is 0.897. The van der Waals surface area contributed by atoms with E-state index in [9.17, 15) is 0 Å². The van der Waals surface area contributed by atoms with E-state index in [4.69, 9.17) is 21.1 Å². The second-order valence-electron chi connectivity index (χ2n) is 4.01. The first-order chi connectivity index (χ1) is 9.24. The summed E-state index contributed by atoms with van der Waals surface area (Å²) in [4.78, 5) is 0. The van der Waals surface area contributed by atoms with E-state index in [2.05, 4.69) is 5.32 Å². The molecule has 0 unspecified atom stereocenters. The van der Waals surface area contributed by atoms with Crippen molar-refractivity contribution < 1.29 is 9.47 Å². The summed E-state index contributed by atoms with van der Waals surface area (Å²) >= 11 is 6.08. The molecule has 3 nitrogen and oxygen atoms in total. The predicted octanol–water partition coefficient (Wildman–Crippen LogP) is 3.97. The first-order valence-electron chi connectivity index (χ1n) is 5.94. The maximum Gasteiger partial charge on any atom is 0.137 e. The van der Waals surface area contributed by atoms with E-state index in [1.807, 2.05) is 42.5 Å². The van der Waals surface area contributed by atoms with Gasteiger partial charge in [0.15, 0.2) is 0 Å². The maximum absolute atomic E-state index is 6.08. The van der Waals surface area contributed by atoms with Gasteiger partial charge in [-0.1, -0.05) is 29.8 Å². The fraction of sp³-hybridized carbons (Fsp3) is 0.200. The summed E-state index contributed by atoms with van der Waals surface area (Å²) in [6, 6.07) is 13.5. The average Bonchev–Trinajstić information content (AvgIpc) is 2.45. The number of benzene rings is 2. The molecular weight excluding hydrogens is 262 g/mol. The van der Waals surface area contributed by atoms with Crippen LogP contribution in [0.1, 0.15) is 5.56 Å². The van der Waals surface area contributed by atoms with Gasteiger partial charge in [0.2, 0.25) is 0 Å². The molecule has 0 amide bonds. The molecular formula is C15H16ClNO2. The number of para-hydroxylation sites is 1. The fourth-order valence-electron chi connectivity index (χ4n) is 1.82. The Morgan fingerprint density at radius 1 is 1.00 bits per heavy atom. The van der Waals surface area contributed by atoms with Crippen molar-refractivity contribution in [1.82, 2.24) is 0 Å². The zero-order valence-corrected chi connectivity index (χ0v) is 11.7. The molecule has 0 aromatic heterocycles. The van der Waals surface area contributed by atoms with Gasteiger partial charge in [0, 0.05) is 17.8 Å². The van der Waals surface area contributed by atoms with Gasteiger partial charge in [0.05, 0.1) is 19.2 Å². The molecule has 0 aliphatic heterocycles. The SMILES string of the molecule is COc1ccc(NCc2ccccc2OC)cc1Cl. The number of halogens is 1. The molecule has 2 rings (SSSR count). The van der Waals surface area contributed by atoms with Crippen LogP contribution in [0.25, 0.3) is 0 Å². The molecule has 2 aromatic carbocycles. The van der Waals surface area contributed by atoms with Crippen LogP contribution in [0.15, 0.2) is 42.5 Å². The Bertz CT molecular complexity index is 558. The molecule has 2 aromatic rings. The fourth-order valence-corrected chi connectivity index (χ4v) is 2.08. The highest BCUT2D eigenvalue weighted by Crippen LogP contribution is 2.28. The second-order valence-corrected chi connectivity index (χ2v) is 4.42. The number of anilines is 1. The smallest absolute Gasteiger partial charge is 0.137 e. The lowest BCUT2D eigenvalue weighted by molar-refractivity contribution is 0.410. The molecule has 19 heavy (non-hydrogen) atoms. The lowest BCUT2D eigenvalue weighted by atomic mass is 10.2. The van der Waals surface area contributed by atoms with E-state index in [0.717, 1.165) is 17.0 Å². The third-order valence-electron chi connectivity index (χ3n) is 2.83. The van der Waals surface area contributed by atoms with E-state index in [-0.39, 0.29) is 0 Å². The minimum atomic E-state index is 0.590. The van der Waals surface area contributed by atoms with E-state index in [1.165, 1.54) is 0 Å². The minimum absolute atomic E-state index is 0.590. The van der Waals surface area contributed by atoms with Crippen molar-refractivity contribution >= 4 is 17.3 Å². The highest BCUT2D eigenvalue weighted by molar-refractivity contribution is 6.32. The molecule has 0 saturated heterocycles. The van der Waals surface area contributed by atoms with Crippen molar-refractivity contribution in [3.8, 4) is 11.5 Å². The van der Waals surface area contributed by atoms with Crippen LogP contribution in [0.2, 0.25) is 5.02 Å². The predicted molar refractivity (Wildman–Crippen MR) is 78.3 cm³/mol. The Morgan fingerprint density at radius 2 is 1.74 bits per heavy atom. The van der Waals surface area contributed by atoms with Crippen molar-refractivity contribution in [2.24, 2.45) is 0 Å². The summed E-state index contributed by atoms with van der Waals surface area (Å²) in [5, 5.41) is 3.90. The van der Waals surface area contributed by atoms with Crippen LogP contribution in [0.3, 0.4) is 0 Å². The molecule has 0 atom stereocenters. The zero-order valence-electron chi connectivity index (χ0n) is 10.9. The molecule has 0 bridgehead atoms. The summed E-state index contributed by atoms with van der Waals surface area (Å²) in [6.07, 6.45) is 0. The first kappa shape index (κ1) is 13.6. The van der Waals surface area contributed by atoms with Gasteiger partial charge in [0.1, 0.15) is 11.5 Å². The maximum atomic E-state index is 6.08. The molecule has 0 saturated carbocycles. The van der Waals surface area contributed by atoms with Crippen LogP contribution in [-0.2, 0) is 6.54 Å². The first-order valence-corrected chi connectivity index (χ1v) is 6.31. The monoisotopic (exact) mass is 277 g/mol. The lowest BCUT2D eigenvalue weighted by Gasteiger charge is -2.11. The van der Waals surface area contributed by atoms with Crippen molar-refractivity contribution in [1.29, 1.82) is 0 Å². The third-order valence-corrected chi connectivity index (χ3v) is 3.12. The van der Waals surface area contributed by atoms with Gasteiger partial charge in [-0.2, -0.15) is 0 Å². The van der Waals surface area contributed by atoms with Crippen molar-refractivity contribution in [2.75, 3.05) is 19.5 Å². The molecule has 0 fully saturated rings. The van der Waals surface area contributed by atoms with Gasteiger partial charge in [-0.25, -0.2) is 0 Å². The van der Waals surface area contributed by atoms with Crippen LogP contribution in [-0.4, -0.2) is 14.2 Å². The number of hydrogen-bond donors (Lipinski definition) is 1. The molecule has 0 heterocycles. The van der Waals surface area contributed by atoms with Gasteiger partial charge < -0.3 is 14.8 Å². The Balaban J connectivity index is 2.08. The average molecular weight is 278 g/mol. The van der Waals surface area contributed by atoms with E-state index < -0.39 is 0 Å². The number of methoxy groups -OCH3 is 2. The lowest BCUT2D eigenvalue weighted by Crippen LogP contribution is -2.01. The molecule has 0 radical (unpaired) electrons. The number of rotatable bonds is 5.